The van der Waals surface area contributed by atoms with Crippen LogP contribution in [0, 0.1) is 0 Å². The zero-order valence-electron chi connectivity index (χ0n) is 10.3. The summed E-state index contributed by atoms with van der Waals surface area (Å²) in [5.74, 6) is 0. The fourth-order valence-corrected chi connectivity index (χ4v) is 1.50. The highest BCUT2D eigenvalue weighted by Gasteiger charge is 2.00. The largest absolute Gasteiger partial charge is 0.337 e. The van der Waals surface area contributed by atoms with Crippen molar-refractivity contribution in [3.8, 4) is 0 Å². The minimum atomic E-state index is -0.211. The lowest BCUT2D eigenvalue weighted by atomic mass is 10.1. The molecule has 0 aliphatic carbocycles. The highest BCUT2D eigenvalue weighted by atomic mass is 16.2. The molecular formula is C13H21N3O. The fraction of sp³-hybridized carbons (Fsp3) is 0.462. The normalized spacial score (nSPS) is 10.0. The van der Waals surface area contributed by atoms with E-state index in [0.717, 1.165) is 12.1 Å². The molecule has 0 heterocycles. The van der Waals surface area contributed by atoms with E-state index in [1.165, 1.54) is 18.4 Å². The van der Waals surface area contributed by atoms with Crippen LogP contribution in [0.2, 0.25) is 0 Å². The van der Waals surface area contributed by atoms with Crippen LogP contribution in [0.1, 0.15) is 25.3 Å². The molecule has 0 aliphatic heterocycles. The number of benzene rings is 1. The Kier molecular flexibility index (Phi) is 6.10. The average molecular weight is 235 g/mol. The highest BCUT2D eigenvalue weighted by molar-refractivity contribution is 5.89. The van der Waals surface area contributed by atoms with Gasteiger partial charge < -0.3 is 16.4 Å². The summed E-state index contributed by atoms with van der Waals surface area (Å²) in [5.41, 5.74) is 7.40. The molecule has 0 bridgehead atoms. The van der Waals surface area contributed by atoms with E-state index >= 15 is 0 Å². The Labute approximate surface area is 103 Å². The van der Waals surface area contributed by atoms with E-state index in [9.17, 15) is 4.79 Å². The number of carbonyl (C=O) groups is 1. The van der Waals surface area contributed by atoms with Crippen LogP contribution in [0.25, 0.3) is 0 Å². The van der Waals surface area contributed by atoms with Crippen LogP contribution >= 0.6 is 0 Å². The second-order valence-corrected chi connectivity index (χ2v) is 3.97. The number of rotatable bonds is 6. The molecule has 0 spiro atoms. The summed E-state index contributed by atoms with van der Waals surface area (Å²) in [6, 6.07) is 7.74. The van der Waals surface area contributed by atoms with Crippen molar-refractivity contribution in [3.05, 3.63) is 29.8 Å². The second kappa shape index (κ2) is 7.68. The Hall–Kier alpha value is -1.55. The molecule has 1 aromatic carbocycles. The predicted octanol–water partition coefficient (Wildman–Crippen LogP) is 2.11. The first-order valence-electron chi connectivity index (χ1n) is 6.10. The molecule has 0 aliphatic rings. The molecule has 0 aromatic heterocycles. The molecule has 1 aromatic rings. The summed E-state index contributed by atoms with van der Waals surface area (Å²) in [7, 11) is 0. The first-order chi connectivity index (χ1) is 8.26. The van der Waals surface area contributed by atoms with Gasteiger partial charge in [-0.2, -0.15) is 0 Å². The van der Waals surface area contributed by atoms with Gasteiger partial charge in [0, 0.05) is 18.8 Å². The van der Waals surface area contributed by atoms with Crippen LogP contribution in [0.4, 0.5) is 10.5 Å². The van der Waals surface area contributed by atoms with E-state index in [4.69, 9.17) is 5.73 Å². The zero-order valence-corrected chi connectivity index (χ0v) is 10.3. The quantitative estimate of drug-likeness (QED) is 0.707. The summed E-state index contributed by atoms with van der Waals surface area (Å²) >= 11 is 0. The number of nitrogens with one attached hydrogen (secondary N) is 2. The van der Waals surface area contributed by atoms with Crippen LogP contribution in [0.5, 0.6) is 0 Å². The number of hydrogen-bond donors (Lipinski definition) is 3. The maximum Gasteiger partial charge on any atom is 0.319 e. The van der Waals surface area contributed by atoms with Crippen LogP contribution < -0.4 is 16.4 Å². The SMILES string of the molecule is CCCCc1ccc(NC(=O)NCCN)cc1. The monoisotopic (exact) mass is 235 g/mol. The van der Waals surface area contributed by atoms with Crippen molar-refractivity contribution in [3.63, 3.8) is 0 Å². The third kappa shape index (κ3) is 5.36. The molecule has 1 rings (SSSR count). The molecule has 2 amide bonds. The van der Waals surface area contributed by atoms with Crippen LogP contribution in [-0.2, 0) is 6.42 Å². The van der Waals surface area contributed by atoms with Gasteiger partial charge in [0.05, 0.1) is 0 Å². The van der Waals surface area contributed by atoms with E-state index < -0.39 is 0 Å². The Bertz CT molecular complexity index is 335. The fourth-order valence-electron chi connectivity index (χ4n) is 1.50. The maximum absolute atomic E-state index is 11.4. The van der Waals surface area contributed by atoms with Gasteiger partial charge in [-0.15, -0.1) is 0 Å². The third-order valence-electron chi connectivity index (χ3n) is 2.46. The first-order valence-corrected chi connectivity index (χ1v) is 6.10. The molecule has 4 N–H and O–H groups in total. The van der Waals surface area contributed by atoms with Crippen molar-refractivity contribution in [2.24, 2.45) is 5.73 Å². The first kappa shape index (κ1) is 13.5. The van der Waals surface area contributed by atoms with E-state index in [1.54, 1.807) is 0 Å². The van der Waals surface area contributed by atoms with E-state index in [2.05, 4.69) is 17.6 Å². The van der Waals surface area contributed by atoms with Gasteiger partial charge in [0.1, 0.15) is 0 Å². The van der Waals surface area contributed by atoms with Gasteiger partial charge in [-0.3, -0.25) is 0 Å². The van der Waals surface area contributed by atoms with Gasteiger partial charge in [-0.25, -0.2) is 4.79 Å². The van der Waals surface area contributed by atoms with Crippen molar-refractivity contribution in [1.82, 2.24) is 5.32 Å². The summed E-state index contributed by atoms with van der Waals surface area (Å²) in [6.45, 7) is 3.11. The van der Waals surface area contributed by atoms with Crippen molar-refractivity contribution in [2.75, 3.05) is 18.4 Å². The van der Waals surface area contributed by atoms with Crippen molar-refractivity contribution in [2.45, 2.75) is 26.2 Å². The van der Waals surface area contributed by atoms with Crippen LogP contribution in [0.15, 0.2) is 24.3 Å². The lowest BCUT2D eigenvalue weighted by Gasteiger charge is -2.07. The van der Waals surface area contributed by atoms with Crippen molar-refractivity contribution >= 4 is 11.7 Å². The van der Waals surface area contributed by atoms with Gasteiger partial charge in [0.25, 0.3) is 0 Å². The van der Waals surface area contributed by atoms with Gasteiger partial charge in [0.2, 0.25) is 0 Å². The molecule has 0 unspecified atom stereocenters. The number of carbonyl (C=O) groups excluding carboxylic acids is 1. The molecule has 0 fully saturated rings. The molecule has 0 saturated carbocycles. The molecule has 0 radical (unpaired) electrons. The van der Waals surface area contributed by atoms with Gasteiger partial charge >= 0.3 is 6.03 Å². The molecule has 4 heteroatoms. The summed E-state index contributed by atoms with van der Waals surface area (Å²) in [4.78, 5) is 11.4. The Balaban J connectivity index is 2.42. The number of anilines is 1. The van der Waals surface area contributed by atoms with Crippen LogP contribution in [0.3, 0.4) is 0 Å². The second-order valence-electron chi connectivity index (χ2n) is 3.97. The highest BCUT2D eigenvalue weighted by Crippen LogP contribution is 2.11. The van der Waals surface area contributed by atoms with E-state index in [1.807, 2.05) is 24.3 Å². The Morgan fingerprint density at radius 3 is 2.59 bits per heavy atom. The summed E-state index contributed by atoms with van der Waals surface area (Å²) in [5, 5.41) is 5.41. The van der Waals surface area contributed by atoms with E-state index in [0.29, 0.717) is 13.1 Å². The number of urea groups is 1. The predicted molar refractivity (Wildman–Crippen MR) is 71.1 cm³/mol. The minimum Gasteiger partial charge on any atom is -0.337 e. The molecule has 94 valence electrons. The standard InChI is InChI=1S/C13H21N3O/c1-2-3-4-11-5-7-12(8-6-11)16-13(17)15-10-9-14/h5-8H,2-4,9-10,14H2,1H3,(H2,15,16,17). The van der Waals surface area contributed by atoms with Gasteiger partial charge in [-0.1, -0.05) is 25.5 Å². The minimum absolute atomic E-state index is 0.211. The number of nitrogens with two attached hydrogens (primary N) is 1. The third-order valence-corrected chi connectivity index (χ3v) is 2.46. The van der Waals surface area contributed by atoms with Crippen molar-refractivity contribution in [1.29, 1.82) is 0 Å². The summed E-state index contributed by atoms with van der Waals surface area (Å²) < 4.78 is 0. The maximum atomic E-state index is 11.4. The van der Waals surface area contributed by atoms with Crippen LogP contribution in [-0.4, -0.2) is 19.1 Å². The lowest BCUT2D eigenvalue weighted by Crippen LogP contribution is -2.32. The number of amides is 2. The number of hydrogen-bond acceptors (Lipinski definition) is 2. The molecular weight excluding hydrogens is 214 g/mol. The smallest absolute Gasteiger partial charge is 0.319 e. The zero-order chi connectivity index (χ0) is 12.5. The number of aryl methyl sites for hydroxylation is 1. The number of unbranched alkanes of at least 4 members (excludes halogenated alkanes) is 1. The Morgan fingerprint density at radius 1 is 1.29 bits per heavy atom. The average Bonchev–Trinajstić information content (AvgIpc) is 2.35. The van der Waals surface area contributed by atoms with Crippen molar-refractivity contribution < 1.29 is 4.79 Å². The molecule has 17 heavy (non-hydrogen) atoms. The lowest BCUT2D eigenvalue weighted by molar-refractivity contribution is 0.252. The summed E-state index contributed by atoms with van der Waals surface area (Å²) in [6.07, 6.45) is 3.49. The molecule has 4 nitrogen and oxygen atoms in total. The topological polar surface area (TPSA) is 67.2 Å². The van der Waals surface area contributed by atoms with E-state index in [-0.39, 0.29) is 6.03 Å². The van der Waals surface area contributed by atoms with Gasteiger partial charge in [0.15, 0.2) is 0 Å². The molecule has 0 saturated heterocycles. The van der Waals surface area contributed by atoms with Gasteiger partial charge in [-0.05, 0) is 30.5 Å². The Morgan fingerprint density at radius 2 is 2.00 bits per heavy atom. The molecule has 0 atom stereocenters.